The average molecular weight is 280 g/mol. The second-order valence-corrected chi connectivity index (χ2v) is 5.15. The molecule has 0 radical (unpaired) electrons. The van der Waals surface area contributed by atoms with E-state index < -0.39 is 11.8 Å². The molecule has 1 aliphatic carbocycles. The van der Waals surface area contributed by atoms with Gasteiger partial charge >= 0.3 is 5.97 Å². The van der Waals surface area contributed by atoms with Crippen molar-refractivity contribution in [2.45, 2.75) is 32.6 Å². The van der Waals surface area contributed by atoms with E-state index in [1.807, 2.05) is 0 Å². The van der Waals surface area contributed by atoms with Crippen LogP contribution in [-0.4, -0.2) is 19.1 Å². The van der Waals surface area contributed by atoms with Gasteiger partial charge in [0.1, 0.15) is 5.82 Å². The van der Waals surface area contributed by atoms with E-state index in [0.29, 0.717) is 12.2 Å². The third-order valence-corrected chi connectivity index (χ3v) is 3.73. The third-order valence-electron chi connectivity index (χ3n) is 3.73. The smallest absolute Gasteiger partial charge is 0.340 e. The van der Waals surface area contributed by atoms with Crippen LogP contribution in [0.2, 0.25) is 0 Å². The van der Waals surface area contributed by atoms with Gasteiger partial charge in [-0.15, -0.1) is 0 Å². The highest BCUT2D eigenvalue weighted by Crippen LogP contribution is 2.29. The minimum Gasteiger partial charge on any atom is -0.462 e. The first-order valence-corrected chi connectivity index (χ1v) is 7.11. The number of rotatable bonds is 6. The quantitative estimate of drug-likeness (QED) is 0.620. The van der Waals surface area contributed by atoms with Crippen LogP contribution in [0.5, 0.6) is 0 Å². The van der Waals surface area contributed by atoms with E-state index in [2.05, 4.69) is 5.32 Å². The van der Waals surface area contributed by atoms with Crippen LogP contribution in [0.25, 0.3) is 0 Å². The van der Waals surface area contributed by atoms with Crippen molar-refractivity contribution in [2.75, 3.05) is 24.2 Å². The molecule has 5 heteroatoms. The first-order valence-electron chi connectivity index (χ1n) is 7.11. The molecule has 0 atom stereocenters. The molecule has 1 aromatic carbocycles. The van der Waals surface area contributed by atoms with Crippen molar-refractivity contribution in [3.8, 4) is 0 Å². The lowest BCUT2D eigenvalue weighted by Crippen LogP contribution is -2.16. The van der Waals surface area contributed by atoms with Gasteiger partial charge in [-0.05, 0) is 31.4 Å². The number of esters is 1. The number of ether oxygens (including phenoxy) is 1. The molecule has 0 heterocycles. The van der Waals surface area contributed by atoms with Gasteiger partial charge in [0.25, 0.3) is 0 Å². The van der Waals surface area contributed by atoms with Crippen molar-refractivity contribution in [2.24, 2.45) is 5.92 Å². The summed E-state index contributed by atoms with van der Waals surface area (Å²) in [5.74, 6) is -0.208. The summed E-state index contributed by atoms with van der Waals surface area (Å²) < 4.78 is 18.7. The van der Waals surface area contributed by atoms with Crippen LogP contribution in [0.1, 0.15) is 43.0 Å². The van der Waals surface area contributed by atoms with Crippen LogP contribution in [0, 0.1) is 11.7 Å². The number of hydrogen-bond acceptors (Lipinski definition) is 4. The molecule has 0 saturated heterocycles. The Morgan fingerprint density at radius 1 is 1.50 bits per heavy atom. The van der Waals surface area contributed by atoms with Crippen LogP contribution >= 0.6 is 0 Å². The number of nitrogens with one attached hydrogen (secondary N) is 1. The van der Waals surface area contributed by atoms with E-state index in [9.17, 15) is 9.18 Å². The van der Waals surface area contributed by atoms with Gasteiger partial charge < -0.3 is 15.8 Å². The van der Waals surface area contributed by atoms with Crippen LogP contribution in [0.3, 0.4) is 0 Å². The molecule has 1 aromatic rings. The predicted molar refractivity (Wildman–Crippen MR) is 77.2 cm³/mol. The predicted octanol–water partition coefficient (Wildman–Crippen LogP) is 3.19. The molecule has 0 bridgehead atoms. The Hall–Kier alpha value is -1.78. The number of carbonyl (C=O) groups is 1. The van der Waals surface area contributed by atoms with Crippen molar-refractivity contribution < 1.29 is 13.9 Å². The highest BCUT2D eigenvalue weighted by atomic mass is 19.1. The minimum absolute atomic E-state index is 0.102. The molecule has 1 fully saturated rings. The number of hydrogen-bond donors (Lipinski definition) is 2. The zero-order valence-electron chi connectivity index (χ0n) is 11.7. The molecule has 4 nitrogen and oxygen atoms in total. The number of halogens is 1. The molecule has 0 amide bonds. The monoisotopic (exact) mass is 280 g/mol. The first-order chi connectivity index (χ1) is 9.61. The lowest BCUT2D eigenvalue weighted by molar-refractivity contribution is 0.0527. The van der Waals surface area contributed by atoms with Gasteiger partial charge in [-0.25, -0.2) is 9.18 Å². The van der Waals surface area contributed by atoms with Crippen molar-refractivity contribution >= 4 is 17.3 Å². The van der Waals surface area contributed by atoms with Crippen molar-refractivity contribution in [1.82, 2.24) is 0 Å². The van der Waals surface area contributed by atoms with Gasteiger partial charge in [0.2, 0.25) is 0 Å². The van der Waals surface area contributed by atoms with Gasteiger partial charge in [0.15, 0.2) is 0 Å². The molecule has 2 rings (SSSR count). The van der Waals surface area contributed by atoms with E-state index >= 15 is 0 Å². The number of anilines is 2. The lowest BCUT2D eigenvalue weighted by atomic mass is 9.83. The highest BCUT2D eigenvalue weighted by Gasteiger charge is 2.18. The Morgan fingerprint density at radius 3 is 2.85 bits per heavy atom. The Balaban J connectivity index is 2.02. The van der Waals surface area contributed by atoms with Gasteiger partial charge in [0, 0.05) is 12.2 Å². The Kier molecular flexibility index (Phi) is 4.82. The van der Waals surface area contributed by atoms with Crippen LogP contribution in [-0.2, 0) is 4.74 Å². The van der Waals surface area contributed by atoms with Crippen LogP contribution in [0.4, 0.5) is 15.8 Å². The summed E-state index contributed by atoms with van der Waals surface area (Å²) in [4.78, 5) is 11.7. The second kappa shape index (κ2) is 6.59. The summed E-state index contributed by atoms with van der Waals surface area (Å²) in [6.07, 6.45) is 4.85. The molecule has 0 aromatic heterocycles. The molecule has 20 heavy (non-hydrogen) atoms. The molecule has 0 spiro atoms. The SMILES string of the molecule is CCOC(=O)c1cc(NCCC2CCC2)c(F)cc1N. The van der Waals surface area contributed by atoms with Crippen LogP contribution < -0.4 is 11.1 Å². The van der Waals surface area contributed by atoms with Crippen molar-refractivity contribution in [3.05, 3.63) is 23.5 Å². The van der Waals surface area contributed by atoms with E-state index in [1.54, 1.807) is 6.92 Å². The lowest BCUT2D eigenvalue weighted by Gasteiger charge is -2.25. The van der Waals surface area contributed by atoms with E-state index in [1.165, 1.54) is 25.3 Å². The molecular formula is C15H21FN2O2. The second-order valence-electron chi connectivity index (χ2n) is 5.15. The molecule has 0 unspecified atom stereocenters. The highest BCUT2D eigenvalue weighted by molar-refractivity contribution is 5.96. The number of carbonyl (C=O) groups excluding carboxylic acids is 1. The molecule has 3 N–H and O–H groups in total. The van der Waals surface area contributed by atoms with Gasteiger partial charge in [-0.1, -0.05) is 19.3 Å². The standard InChI is InChI=1S/C15H21FN2O2/c1-2-20-15(19)11-8-14(12(16)9-13(11)17)18-7-6-10-4-3-5-10/h8-10,18H,2-7,17H2,1H3. The summed E-state index contributed by atoms with van der Waals surface area (Å²) in [5.41, 5.74) is 6.28. The fourth-order valence-corrected chi connectivity index (χ4v) is 2.30. The summed E-state index contributed by atoms with van der Waals surface area (Å²) >= 11 is 0. The number of nitrogen functional groups attached to an aromatic ring is 1. The number of benzene rings is 1. The largest absolute Gasteiger partial charge is 0.462 e. The first kappa shape index (κ1) is 14.6. The fourth-order valence-electron chi connectivity index (χ4n) is 2.30. The van der Waals surface area contributed by atoms with Crippen molar-refractivity contribution in [3.63, 3.8) is 0 Å². The zero-order chi connectivity index (χ0) is 14.5. The molecular weight excluding hydrogens is 259 g/mol. The number of nitrogens with two attached hydrogens (primary N) is 1. The maximum absolute atomic E-state index is 13.8. The molecule has 0 aliphatic heterocycles. The fraction of sp³-hybridized carbons (Fsp3) is 0.533. The molecule has 1 saturated carbocycles. The Morgan fingerprint density at radius 2 is 2.25 bits per heavy atom. The van der Waals surface area contributed by atoms with Gasteiger partial charge in [-0.2, -0.15) is 0 Å². The average Bonchev–Trinajstić information content (AvgIpc) is 2.34. The molecule has 110 valence electrons. The Labute approximate surface area is 118 Å². The van der Waals surface area contributed by atoms with Crippen molar-refractivity contribution in [1.29, 1.82) is 0 Å². The summed E-state index contributed by atoms with van der Waals surface area (Å²) in [6.45, 7) is 2.68. The maximum atomic E-state index is 13.8. The van der Waals surface area contributed by atoms with E-state index in [-0.39, 0.29) is 17.9 Å². The van der Waals surface area contributed by atoms with Gasteiger partial charge in [0.05, 0.1) is 17.9 Å². The molecule has 1 aliphatic rings. The summed E-state index contributed by atoms with van der Waals surface area (Å²) in [5, 5.41) is 3.04. The maximum Gasteiger partial charge on any atom is 0.340 e. The van der Waals surface area contributed by atoms with E-state index in [4.69, 9.17) is 10.5 Å². The summed E-state index contributed by atoms with van der Waals surface area (Å²) in [6, 6.07) is 2.60. The minimum atomic E-state index is -0.521. The van der Waals surface area contributed by atoms with Gasteiger partial charge in [-0.3, -0.25) is 0 Å². The third kappa shape index (κ3) is 3.40. The van der Waals surface area contributed by atoms with Crippen LogP contribution in [0.15, 0.2) is 12.1 Å². The topological polar surface area (TPSA) is 64.3 Å². The summed E-state index contributed by atoms with van der Waals surface area (Å²) in [7, 11) is 0. The van der Waals surface area contributed by atoms with E-state index in [0.717, 1.165) is 18.4 Å². The Bertz CT molecular complexity index is 487. The zero-order valence-corrected chi connectivity index (χ0v) is 11.7. The normalized spacial score (nSPS) is 14.7.